The van der Waals surface area contributed by atoms with Crippen LogP contribution in [0.15, 0.2) is 0 Å². The Bertz CT molecular complexity index is 701. The summed E-state index contributed by atoms with van der Waals surface area (Å²) in [6, 6.07) is 0. The first-order valence-corrected chi connectivity index (χ1v) is 12.6. The van der Waals surface area contributed by atoms with E-state index in [-0.39, 0.29) is 6.61 Å². The molecule has 9 nitrogen and oxygen atoms in total. The highest BCUT2D eigenvalue weighted by Gasteiger charge is 2.51. The van der Waals surface area contributed by atoms with Crippen molar-refractivity contribution < 1.29 is 42.9 Å². The van der Waals surface area contributed by atoms with Gasteiger partial charge in [0.15, 0.2) is 24.4 Å². The molecule has 0 unspecified atom stereocenters. The van der Waals surface area contributed by atoms with E-state index in [2.05, 4.69) is 11.5 Å². The van der Waals surface area contributed by atoms with Crippen LogP contribution in [-0.2, 0) is 42.9 Å². The van der Waals surface area contributed by atoms with Gasteiger partial charge in [0.2, 0.25) is 0 Å². The quantitative estimate of drug-likeness (QED) is 0.274. The third-order valence-electron chi connectivity index (χ3n) is 3.58. The highest BCUT2D eigenvalue weighted by molar-refractivity contribution is 6.83. The number of hydrogen-bond acceptors (Lipinski definition) is 9. The van der Waals surface area contributed by atoms with E-state index >= 15 is 0 Å². The van der Waals surface area contributed by atoms with Crippen LogP contribution in [0.1, 0.15) is 27.7 Å². The molecule has 0 radical (unpaired) electrons. The fourth-order valence-electron chi connectivity index (χ4n) is 2.63. The van der Waals surface area contributed by atoms with Crippen LogP contribution < -0.4 is 0 Å². The molecule has 1 aliphatic rings. The topological polar surface area (TPSA) is 114 Å². The Morgan fingerprint density at radius 3 is 1.72 bits per heavy atom. The van der Waals surface area contributed by atoms with Gasteiger partial charge in [0.25, 0.3) is 0 Å². The fraction of sp³-hybridized carbons (Fsp3) is 0.684. The largest absolute Gasteiger partial charge is 0.463 e. The maximum atomic E-state index is 11.7. The van der Waals surface area contributed by atoms with Crippen LogP contribution >= 0.6 is 0 Å². The van der Waals surface area contributed by atoms with Gasteiger partial charge in [0, 0.05) is 27.7 Å². The van der Waals surface area contributed by atoms with E-state index in [9.17, 15) is 19.2 Å². The van der Waals surface area contributed by atoms with Crippen molar-refractivity contribution in [3.05, 3.63) is 0 Å². The summed E-state index contributed by atoms with van der Waals surface area (Å²) in [7, 11) is -1.83. The maximum Gasteiger partial charge on any atom is 0.303 e. The maximum absolute atomic E-state index is 11.7. The lowest BCUT2D eigenvalue weighted by molar-refractivity contribution is -0.242. The lowest BCUT2D eigenvalue weighted by atomic mass is 9.94. The Kier molecular flexibility index (Phi) is 8.85. The number of hydrogen-bond donors (Lipinski definition) is 0. The molecule has 0 aromatic rings. The van der Waals surface area contributed by atoms with Gasteiger partial charge in [-0.2, -0.15) is 0 Å². The van der Waals surface area contributed by atoms with Crippen molar-refractivity contribution in [1.29, 1.82) is 0 Å². The summed E-state index contributed by atoms with van der Waals surface area (Å²) in [6.07, 6.45) is -5.42. The summed E-state index contributed by atoms with van der Waals surface area (Å²) in [5.41, 5.74) is 3.13. The van der Waals surface area contributed by atoms with Crippen LogP contribution in [0.3, 0.4) is 0 Å². The number of esters is 4. The highest BCUT2D eigenvalue weighted by Crippen LogP contribution is 2.29. The van der Waals surface area contributed by atoms with E-state index in [1.807, 2.05) is 19.6 Å². The Morgan fingerprint density at radius 2 is 1.28 bits per heavy atom. The predicted molar refractivity (Wildman–Crippen MR) is 103 cm³/mol. The second kappa shape index (κ2) is 10.4. The SMILES string of the molecule is CC(=O)OC[C@@H]1O[C@@H](C#C[Si](C)(C)C)[C@@H](OC(C)=O)[C@@H](OC(C)=O)[C@@H]1OC(C)=O. The average molecular weight is 429 g/mol. The van der Waals surface area contributed by atoms with Crippen LogP contribution in [0.4, 0.5) is 0 Å². The Morgan fingerprint density at radius 1 is 0.793 bits per heavy atom. The Labute approximate surface area is 171 Å². The molecule has 29 heavy (non-hydrogen) atoms. The second-order valence-electron chi connectivity index (χ2n) is 7.64. The molecule has 1 rings (SSSR count). The molecule has 0 amide bonds. The first kappa shape index (κ1) is 24.7. The van der Waals surface area contributed by atoms with E-state index in [1.54, 1.807) is 0 Å². The smallest absolute Gasteiger partial charge is 0.303 e. The zero-order chi connectivity index (χ0) is 22.4. The summed E-state index contributed by atoms with van der Waals surface area (Å²) in [6.45, 7) is 10.6. The van der Waals surface area contributed by atoms with Crippen molar-refractivity contribution in [2.75, 3.05) is 6.61 Å². The summed E-state index contributed by atoms with van der Waals surface area (Å²) in [4.78, 5) is 46.3. The van der Waals surface area contributed by atoms with Crippen molar-refractivity contribution in [2.24, 2.45) is 0 Å². The van der Waals surface area contributed by atoms with Gasteiger partial charge in [-0.15, -0.1) is 5.54 Å². The Hall–Kier alpha value is -2.38. The summed E-state index contributed by atoms with van der Waals surface area (Å²) in [5, 5.41) is 0. The Balaban J connectivity index is 3.41. The van der Waals surface area contributed by atoms with Crippen molar-refractivity contribution in [3.63, 3.8) is 0 Å². The minimum Gasteiger partial charge on any atom is -0.463 e. The van der Waals surface area contributed by atoms with E-state index in [4.69, 9.17) is 23.7 Å². The summed E-state index contributed by atoms with van der Waals surface area (Å²) < 4.78 is 26.9. The first-order chi connectivity index (χ1) is 13.3. The molecule has 10 heteroatoms. The van der Waals surface area contributed by atoms with Crippen molar-refractivity contribution in [1.82, 2.24) is 0 Å². The van der Waals surface area contributed by atoms with Gasteiger partial charge >= 0.3 is 23.9 Å². The molecule has 0 bridgehead atoms. The first-order valence-electron chi connectivity index (χ1n) is 9.13. The van der Waals surface area contributed by atoms with Gasteiger partial charge in [0.05, 0.1) is 0 Å². The molecule has 0 spiro atoms. The third-order valence-corrected chi connectivity index (χ3v) is 4.47. The van der Waals surface area contributed by atoms with Gasteiger partial charge in [-0.25, -0.2) is 0 Å². The number of ether oxygens (including phenoxy) is 5. The molecule has 0 saturated carbocycles. The van der Waals surface area contributed by atoms with E-state index < -0.39 is 62.5 Å². The monoisotopic (exact) mass is 428 g/mol. The minimum absolute atomic E-state index is 0.261. The number of carbonyl (C=O) groups excluding carboxylic acids is 4. The molecule has 1 fully saturated rings. The van der Waals surface area contributed by atoms with Gasteiger partial charge in [-0.3, -0.25) is 19.2 Å². The molecule has 0 aliphatic carbocycles. The molecule has 1 saturated heterocycles. The molecule has 162 valence electrons. The minimum atomic E-state index is -1.83. The van der Waals surface area contributed by atoms with Crippen LogP contribution in [0.2, 0.25) is 19.6 Å². The molecule has 1 aliphatic heterocycles. The van der Waals surface area contributed by atoms with E-state index in [0.29, 0.717) is 0 Å². The highest BCUT2D eigenvalue weighted by atomic mass is 28.3. The van der Waals surface area contributed by atoms with Crippen LogP contribution in [0.5, 0.6) is 0 Å². The zero-order valence-corrected chi connectivity index (χ0v) is 18.8. The molecule has 0 aromatic heterocycles. The zero-order valence-electron chi connectivity index (χ0n) is 17.8. The van der Waals surface area contributed by atoms with Crippen molar-refractivity contribution in [3.8, 4) is 11.5 Å². The van der Waals surface area contributed by atoms with E-state index in [0.717, 1.165) is 0 Å². The molecule has 0 N–H and O–H groups in total. The van der Waals surface area contributed by atoms with E-state index in [1.165, 1.54) is 27.7 Å². The van der Waals surface area contributed by atoms with Crippen LogP contribution in [0, 0.1) is 11.5 Å². The lowest BCUT2D eigenvalue weighted by Gasteiger charge is -2.43. The standard InChI is InChI=1S/C19H28O9Si/c1-11(20)24-10-16-18(26-13(3)22)19(27-14(4)23)17(25-12(2)21)15(28-16)8-9-29(5,6)7/h15-19H,10H2,1-7H3/t15-,16-,17+,18+,19+/m0/s1. The normalized spacial score (nSPS) is 26.4. The third kappa shape index (κ3) is 8.66. The molecule has 5 atom stereocenters. The van der Waals surface area contributed by atoms with Gasteiger partial charge in [-0.05, 0) is 0 Å². The predicted octanol–water partition coefficient (Wildman–Crippen LogP) is 0.993. The average Bonchev–Trinajstić information content (AvgIpc) is 2.53. The van der Waals surface area contributed by atoms with Crippen molar-refractivity contribution in [2.45, 2.75) is 77.9 Å². The molecule has 0 aromatic carbocycles. The molecule has 1 heterocycles. The number of carbonyl (C=O) groups is 4. The summed E-state index contributed by atoms with van der Waals surface area (Å²) >= 11 is 0. The lowest BCUT2D eigenvalue weighted by Crippen LogP contribution is -2.62. The number of rotatable bonds is 5. The summed E-state index contributed by atoms with van der Waals surface area (Å²) in [5.74, 6) is 0.403. The van der Waals surface area contributed by atoms with Gasteiger partial charge in [0.1, 0.15) is 20.8 Å². The van der Waals surface area contributed by atoms with Gasteiger partial charge in [-0.1, -0.05) is 25.6 Å². The fourth-order valence-corrected chi connectivity index (χ4v) is 3.21. The van der Waals surface area contributed by atoms with Gasteiger partial charge < -0.3 is 23.7 Å². The molecular formula is C19H28O9Si. The second-order valence-corrected chi connectivity index (χ2v) is 12.4. The molecular weight excluding hydrogens is 400 g/mol. The van der Waals surface area contributed by atoms with Crippen LogP contribution in [-0.4, -0.2) is 69.1 Å². The van der Waals surface area contributed by atoms with Crippen molar-refractivity contribution >= 4 is 32.0 Å². The van der Waals surface area contributed by atoms with Crippen LogP contribution in [0.25, 0.3) is 0 Å².